The van der Waals surface area contributed by atoms with Gasteiger partial charge in [0.15, 0.2) is 11.6 Å². The van der Waals surface area contributed by atoms with Crippen LogP contribution in [0.15, 0.2) is 60.9 Å². The molecular formula is C31H35FN6O3. The minimum Gasteiger partial charge on any atom is -0.453 e. The average molecular weight is 559 g/mol. The second-order valence-electron chi connectivity index (χ2n) is 10.7. The number of piperazine rings is 1. The number of fused-ring (bicyclic) bond motifs is 1. The normalized spacial score (nSPS) is 14.5. The lowest BCUT2D eigenvalue weighted by molar-refractivity contribution is -0.134. The fraction of sp³-hybridized carbons (Fsp3) is 0.323. The van der Waals surface area contributed by atoms with Crippen molar-refractivity contribution in [1.82, 2.24) is 24.7 Å². The van der Waals surface area contributed by atoms with E-state index in [-0.39, 0.29) is 24.0 Å². The van der Waals surface area contributed by atoms with E-state index in [9.17, 15) is 14.0 Å². The molecule has 2 amide bonds. The van der Waals surface area contributed by atoms with Gasteiger partial charge in [-0.3, -0.25) is 9.59 Å². The fourth-order valence-electron chi connectivity index (χ4n) is 5.15. The van der Waals surface area contributed by atoms with Gasteiger partial charge in [0, 0.05) is 50.7 Å². The van der Waals surface area contributed by atoms with Gasteiger partial charge in [0.2, 0.25) is 5.91 Å². The molecule has 1 aliphatic heterocycles. The number of carbonyl (C=O) groups is 2. The number of aromatic amines is 1. The van der Waals surface area contributed by atoms with Crippen LogP contribution in [0, 0.1) is 12.7 Å². The summed E-state index contributed by atoms with van der Waals surface area (Å²) < 4.78 is 20.9. The number of nitrogens with two attached hydrogens (primary N) is 1. The van der Waals surface area contributed by atoms with E-state index in [1.165, 1.54) is 6.07 Å². The van der Waals surface area contributed by atoms with Crippen molar-refractivity contribution < 1.29 is 18.7 Å². The maximum atomic E-state index is 15.0. The van der Waals surface area contributed by atoms with E-state index in [0.717, 1.165) is 23.1 Å². The van der Waals surface area contributed by atoms with E-state index < -0.39 is 11.9 Å². The molecule has 1 saturated heterocycles. The van der Waals surface area contributed by atoms with Crippen LogP contribution in [-0.2, 0) is 17.8 Å². The molecule has 3 heterocycles. The molecule has 1 unspecified atom stereocenters. The third-order valence-corrected chi connectivity index (χ3v) is 7.30. The smallest absolute Gasteiger partial charge is 0.253 e. The monoisotopic (exact) mass is 558 g/mol. The summed E-state index contributed by atoms with van der Waals surface area (Å²) in [7, 11) is 4.00. The first-order valence-electron chi connectivity index (χ1n) is 13.7. The Morgan fingerprint density at radius 1 is 1.02 bits per heavy atom. The Kier molecular flexibility index (Phi) is 8.32. The van der Waals surface area contributed by atoms with Crippen LogP contribution in [0.1, 0.15) is 27.0 Å². The minimum absolute atomic E-state index is 0.0465. The molecule has 5 rings (SSSR count). The number of ether oxygens (including phenoxy) is 1. The average Bonchev–Trinajstić information content (AvgIpc) is 3.35. The summed E-state index contributed by atoms with van der Waals surface area (Å²) >= 11 is 0. The highest BCUT2D eigenvalue weighted by molar-refractivity contribution is 5.94. The van der Waals surface area contributed by atoms with E-state index in [1.807, 2.05) is 51.5 Å². The molecule has 3 N–H and O–H groups in total. The second kappa shape index (κ2) is 12.1. The molecule has 0 aliphatic carbocycles. The van der Waals surface area contributed by atoms with Gasteiger partial charge in [-0.25, -0.2) is 9.37 Å². The van der Waals surface area contributed by atoms with Crippen LogP contribution in [0.4, 0.5) is 4.39 Å². The van der Waals surface area contributed by atoms with Gasteiger partial charge in [0.05, 0.1) is 11.4 Å². The van der Waals surface area contributed by atoms with E-state index >= 15 is 0 Å². The number of pyridine rings is 1. The Morgan fingerprint density at radius 3 is 2.39 bits per heavy atom. The highest BCUT2D eigenvalue weighted by Crippen LogP contribution is 2.32. The van der Waals surface area contributed by atoms with Gasteiger partial charge in [-0.05, 0) is 74.5 Å². The maximum absolute atomic E-state index is 15.0. The number of hydrogen-bond acceptors (Lipinski definition) is 6. The summed E-state index contributed by atoms with van der Waals surface area (Å²) in [6.45, 7) is 4.39. The Bertz CT molecular complexity index is 1540. The highest BCUT2D eigenvalue weighted by atomic mass is 19.1. The molecule has 10 heteroatoms. The number of rotatable bonds is 8. The SMILES string of the molecule is Cc1c[nH]c2nccc(Oc3ccc(CC(N)C(=O)N4CCN(C(=O)c5ccc(CN(C)C)cc5)CC4)cc3F)c12. The van der Waals surface area contributed by atoms with Gasteiger partial charge in [-0.1, -0.05) is 18.2 Å². The molecule has 1 fully saturated rings. The molecule has 41 heavy (non-hydrogen) atoms. The van der Waals surface area contributed by atoms with Crippen LogP contribution < -0.4 is 10.5 Å². The lowest BCUT2D eigenvalue weighted by Gasteiger charge is -2.36. The topological polar surface area (TPSA) is 108 Å². The number of hydrogen-bond donors (Lipinski definition) is 2. The Hall–Kier alpha value is -4.28. The molecule has 4 aromatic rings. The van der Waals surface area contributed by atoms with Gasteiger partial charge in [0.1, 0.15) is 11.4 Å². The number of H-pyrrole nitrogens is 1. The lowest BCUT2D eigenvalue weighted by Crippen LogP contribution is -2.54. The van der Waals surface area contributed by atoms with Gasteiger partial charge in [-0.2, -0.15) is 0 Å². The first kappa shape index (κ1) is 28.3. The standard InChI is InChI=1S/C31H35FN6O3/c1-20-18-35-29-28(20)27(10-11-34-29)41-26-9-6-22(16-24(26)32)17-25(33)31(40)38-14-12-37(13-15-38)30(39)23-7-4-21(5-8-23)19-36(2)3/h4-11,16,18,25H,12-15,17,19,33H2,1-3H3,(H,34,35). The van der Waals surface area contributed by atoms with E-state index in [1.54, 1.807) is 34.2 Å². The van der Waals surface area contributed by atoms with Crippen LogP contribution >= 0.6 is 0 Å². The summed E-state index contributed by atoms with van der Waals surface area (Å²) in [5.74, 6) is -0.217. The van der Waals surface area contributed by atoms with Crippen LogP contribution in [0.3, 0.4) is 0 Å². The molecule has 9 nitrogen and oxygen atoms in total. The number of nitrogens with one attached hydrogen (secondary N) is 1. The van der Waals surface area contributed by atoms with Crippen molar-refractivity contribution in [1.29, 1.82) is 0 Å². The third kappa shape index (κ3) is 6.39. The molecule has 0 radical (unpaired) electrons. The number of aryl methyl sites for hydroxylation is 1. The third-order valence-electron chi connectivity index (χ3n) is 7.30. The number of halogens is 1. The Labute approximate surface area is 238 Å². The molecule has 1 atom stereocenters. The molecule has 2 aromatic carbocycles. The first-order valence-corrected chi connectivity index (χ1v) is 13.7. The summed E-state index contributed by atoms with van der Waals surface area (Å²) in [6, 6.07) is 13.1. The van der Waals surface area contributed by atoms with Crippen LogP contribution in [-0.4, -0.2) is 82.8 Å². The zero-order valence-corrected chi connectivity index (χ0v) is 23.6. The molecule has 0 spiro atoms. The minimum atomic E-state index is -0.824. The lowest BCUT2D eigenvalue weighted by atomic mass is 10.0. The second-order valence-corrected chi connectivity index (χ2v) is 10.7. The number of aromatic nitrogens is 2. The fourth-order valence-corrected chi connectivity index (χ4v) is 5.15. The Morgan fingerprint density at radius 2 is 1.71 bits per heavy atom. The molecular weight excluding hydrogens is 523 g/mol. The molecule has 0 bridgehead atoms. The van der Waals surface area contributed by atoms with Crippen molar-refractivity contribution in [2.75, 3.05) is 40.3 Å². The van der Waals surface area contributed by atoms with Crippen molar-refractivity contribution in [2.24, 2.45) is 5.73 Å². The van der Waals surface area contributed by atoms with Gasteiger partial charge < -0.3 is 30.2 Å². The molecule has 214 valence electrons. The molecule has 2 aromatic heterocycles. The zero-order chi connectivity index (χ0) is 29.1. The summed E-state index contributed by atoms with van der Waals surface area (Å²) in [5.41, 5.74) is 10.2. The van der Waals surface area contributed by atoms with Crippen LogP contribution in [0.25, 0.3) is 11.0 Å². The summed E-state index contributed by atoms with van der Waals surface area (Å²) in [6.07, 6.45) is 3.61. The predicted octanol–water partition coefficient (Wildman–Crippen LogP) is 3.72. The Balaban J connectivity index is 1.15. The van der Waals surface area contributed by atoms with Crippen LogP contribution in [0.5, 0.6) is 11.5 Å². The summed E-state index contributed by atoms with van der Waals surface area (Å²) in [5, 5.41) is 0.795. The van der Waals surface area contributed by atoms with Gasteiger partial charge in [0.25, 0.3) is 5.91 Å². The number of nitrogens with zero attached hydrogens (tertiary/aromatic N) is 4. The van der Waals surface area contributed by atoms with E-state index in [4.69, 9.17) is 10.5 Å². The van der Waals surface area contributed by atoms with Crippen molar-refractivity contribution in [2.45, 2.75) is 25.9 Å². The van der Waals surface area contributed by atoms with Crippen molar-refractivity contribution in [3.63, 3.8) is 0 Å². The molecule has 1 aliphatic rings. The largest absolute Gasteiger partial charge is 0.453 e. The quantitative estimate of drug-likeness (QED) is 0.341. The van der Waals surface area contributed by atoms with E-state index in [2.05, 4.69) is 14.9 Å². The van der Waals surface area contributed by atoms with Crippen molar-refractivity contribution in [3.05, 3.63) is 89.0 Å². The number of carbonyl (C=O) groups excluding carboxylic acids is 2. The van der Waals surface area contributed by atoms with Crippen molar-refractivity contribution in [3.8, 4) is 11.5 Å². The predicted molar refractivity (Wildman–Crippen MR) is 155 cm³/mol. The highest BCUT2D eigenvalue weighted by Gasteiger charge is 2.28. The first-order chi connectivity index (χ1) is 19.7. The van der Waals surface area contributed by atoms with Crippen LogP contribution in [0.2, 0.25) is 0 Å². The maximum Gasteiger partial charge on any atom is 0.253 e. The van der Waals surface area contributed by atoms with Gasteiger partial charge >= 0.3 is 0 Å². The molecule has 0 saturated carbocycles. The summed E-state index contributed by atoms with van der Waals surface area (Å²) in [4.78, 5) is 38.9. The van der Waals surface area contributed by atoms with E-state index in [0.29, 0.717) is 48.7 Å². The zero-order valence-electron chi connectivity index (χ0n) is 23.6. The van der Waals surface area contributed by atoms with Crippen molar-refractivity contribution >= 4 is 22.8 Å². The van der Waals surface area contributed by atoms with Gasteiger partial charge in [-0.15, -0.1) is 0 Å². The number of benzene rings is 2. The number of amides is 2.